The lowest BCUT2D eigenvalue weighted by Crippen LogP contribution is -2.20. The van der Waals surface area contributed by atoms with Crippen LogP contribution in [0.3, 0.4) is 0 Å². The summed E-state index contributed by atoms with van der Waals surface area (Å²) in [6, 6.07) is 19.8. The van der Waals surface area contributed by atoms with Gasteiger partial charge in [-0.3, -0.25) is 9.59 Å². The third kappa shape index (κ3) is 5.69. The van der Waals surface area contributed by atoms with Gasteiger partial charge < -0.3 is 20.5 Å². The zero-order valence-corrected chi connectivity index (χ0v) is 19.5. The minimum Gasteiger partial charge on any atom is -0.484 e. The summed E-state index contributed by atoms with van der Waals surface area (Å²) in [5.41, 5.74) is 7.60. The van der Waals surface area contributed by atoms with Gasteiger partial charge in [0.15, 0.2) is 6.61 Å². The molecule has 2 aromatic carbocycles. The monoisotopic (exact) mass is 492 g/mol. The van der Waals surface area contributed by atoms with Gasteiger partial charge in [-0.1, -0.05) is 48.5 Å². The molecule has 2 heterocycles. The van der Waals surface area contributed by atoms with E-state index in [1.165, 1.54) is 22.7 Å². The smallest absolute Gasteiger partial charge is 0.342 e. The zero-order chi connectivity index (χ0) is 23.9. The molecular weight excluding hydrogens is 472 g/mol. The molecule has 0 aliphatic heterocycles. The van der Waals surface area contributed by atoms with Crippen molar-refractivity contribution in [1.29, 1.82) is 0 Å². The second-order valence-corrected chi connectivity index (χ2v) is 8.96. The molecule has 4 aromatic rings. The van der Waals surface area contributed by atoms with Crippen LogP contribution in [0.4, 0.5) is 5.00 Å². The molecule has 2 amide bonds. The van der Waals surface area contributed by atoms with Crippen molar-refractivity contribution in [3.05, 3.63) is 93.5 Å². The molecule has 0 saturated heterocycles. The van der Waals surface area contributed by atoms with Crippen LogP contribution < -0.4 is 15.8 Å². The van der Waals surface area contributed by atoms with Crippen LogP contribution in [0.15, 0.2) is 77.5 Å². The Morgan fingerprint density at radius 2 is 1.76 bits per heavy atom. The molecule has 0 bridgehead atoms. The molecule has 7 nitrogen and oxygen atoms in total. The van der Waals surface area contributed by atoms with Crippen LogP contribution in [0, 0.1) is 0 Å². The van der Waals surface area contributed by atoms with Crippen molar-refractivity contribution in [2.24, 2.45) is 5.73 Å². The van der Waals surface area contributed by atoms with Crippen molar-refractivity contribution in [2.75, 3.05) is 11.9 Å². The Bertz CT molecular complexity index is 1300. The quantitative estimate of drug-likeness (QED) is 0.322. The number of carbonyl (C=O) groups is 3. The fourth-order valence-electron chi connectivity index (χ4n) is 3.16. The lowest BCUT2D eigenvalue weighted by molar-refractivity contribution is -0.119. The fraction of sp³-hybridized carbons (Fsp3) is 0.0800. The molecule has 2 aromatic heterocycles. The average molecular weight is 493 g/mol. The standard InChI is InChI=1S/C25H20N2O5S2/c26-21(28)14-31-18-9-4-6-16(12-18)13-32-25(30)22-19(17-7-2-1-3-8-17)15-34-24(22)27-23(29)20-10-5-11-33-20/h1-12,15H,13-14H2,(H2,26,28)(H,27,29). The van der Waals surface area contributed by atoms with Crippen LogP contribution in [0.25, 0.3) is 11.1 Å². The highest BCUT2D eigenvalue weighted by Gasteiger charge is 2.23. The highest BCUT2D eigenvalue weighted by Crippen LogP contribution is 2.36. The number of hydrogen-bond donors (Lipinski definition) is 2. The Hall–Kier alpha value is -3.95. The molecule has 172 valence electrons. The molecule has 9 heteroatoms. The third-order valence-electron chi connectivity index (χ3n) is 4.70. The topological polar surface area (TPSA) is 108 Å². The van der Waals surface area contributed by atoms with Crippen LogP contribution in [0.2, 0.25) is 0 Å². The third-order valence-corrected chi connectivity index (χ3v) is 6.47. The minimum absolute atomic E-state index is 0.0189. The molecule has 0 radical (unpaired) electrons. The number of ether oxygens (including phenoxy) is 2. The number of carbonyl (C=O) groups excluding carboxylic acids is 3. The number of hydrogen-bond acceptors (Lipinski definition) is 7. The second kappa shape index (κ2) is 10.8. The molecule has 0 aliphatic carbocycles. The predicted molar refractivity (Wildman–Crippen MR) is 132 cm³/mol. The first-order valence-electron chi connectivity index (χ1n) is 10.2. The highest BCUT2D eigenvalue weighted by atomic mass is 32.1. The number of esters is 1. The summed E-state index contributed by atoms with van der Waals surface area (Å²) >= 11 is 2.58. The zero-order valence-electron chi connectivity index (χ0n) is 17.9. The van der Waals surface area contributed by atoms with Gasteiger partial charge in [0, 0.05) is 10.9 Å². The van der Waals surface area contributed by atoms with Crippen molar-refractivity contribution < 1.29 is 23.9 Å². The number of nitrogens with one attached hydrogen (secondary N) is 1. The van der Waals surface area contributed by atoms with E-state index < -0.39 is 11.9 Å². The summed E-state index contributed by atoms with van der Waals surface area (Å²) in [5, 5.41) is 6.90. The molecule has 4 rings (SSSR count). The number of thiophene rings is 2. The predicted octanol–water partition coefficient (Wildman–Crippen LogP) is 4.95. The summed E-state index contributed by atoms with van der Waals surface area (Å²) in [4.78, 5) is 37.3. The van der Waals surface area contributed by atoms with E-state index in [2.05, 4.69) is 5.32 Å². The minimum atomic E-state index is -0.583. The van der Waals surface area contributed by atoms with E-state index in [1.54, 1.807) is 36.4 Å². The van der Waals surface area contributed by atoms with Gasteiger partial charge >= 0.3 is 5.97 Å². The van der Waals surface area contributed by atoms with Crippen molar-refractivity contribution in [3.63, 3.8) is 0 Å². The fourth-order valence-corrected chi connectivity index (χ4v) is 4.73. The number of rotatable bonds is 9. The van der Waals surface area contributed by atoms with E-state index in [0.717, 1.165) is 5.56 Å². The average Bonchev–Trinajstić information content (AvgIpc) is 3.53. The Kier molecular flexibility index (Phi) is 7.36. The van der Waals surface area contributed by atoms with E-state index in [9.17, 15) is 14.4 Å². The van der Waals surface area contributed by atoms with Crippen LogP contribution in [0.5, 0.6) is 5.75 Å². The second-order valence-electron chi connectivity index (χ2n) is 7.13. The summed E-state index contributed by atoms with van der Waals surface area (Å²) in [6.45, 7) is -0.263. The van der Waals surface area contributed by atoms with Crippen LogP contribution in [0.1, 0.15) is 25.6 Å². The number of primary amides is 1. The molecule has 0 spiro atoms. The maximum absolute atomic E-state index is 13.2. The maximum atomic E-state index is 13.2. The summed E-state index contributed by atoms with van der Waals surface area (Å²) in [5.74, 6) is -0.994. The molecule has 3 N–H and O–H groups in total. The first-order chi connectivity index (χ1) is 16.5. The van der Waals surface area contributed by atoms with Crippen LogP contribution in [-0.2, 0) is 16.1 Å². The molecule has 0 saturated carbocycles. The first kappa shape index (κ1) is 23.2. The van der Waals surface area contributed by atoms with Gasteiger partial charge in [-0.2, -0.15) is 0 Å². The van der Waals surface area contributed by atoms with Crippen molar-refractivity contribution >= 4 is 45.5 Å². The Labute approximate surface area is 203 Å². The van der Waals surface area contributed by atoms with E-state index in [4.69, 9.17) is 15.2 Å². The van der Waals surface area contributed by atoms with Crippen molar-refractivity contribution in [3.8, 4) is 16.9 Å². The number of nitrogens with two attached hydrogens (primary N) is 1. The van der Waals surface area contributed by atoms with E-state index in [1.807, 2.05) is 41.1 Å². The van der Waals surface area contributed by atoms with Gasteiger partial charge in [0.05, 0.1) is 4.88 Å². The van der Waals surface area contributed by atoms with Gasteiger partial charge in [0.1, 0.15) is 22.9 Å². The van der Waals surface area contributed by atoms with Gasteiger partial charge in [-0.15, -0.1) is 22.7 Å². The van der Waals surface area contributed by atoms with Crippen molar-refractivity contribution in [2.45, 2.75) is 6.61 Å². The van der Waals surface area contributed by atoms with Gasteiger partial charge in [0.25, 0.3) is 11.8 Å². The molecule has 34 heavy (non-hydrogen) atoms. The molecule has 0 atom stereocenters. The summed E-state index contributed by atoms with van der Waals surface area (Å²) in [6.07, 6.45) is 0. The Morgan fingerprint density at radius 1 is 0.941 bits per heavy atom. The largest absolute Gasteiger partial charge is 0.484 e. The first-order valence-corrected chi connectivity index (χ1v) is 12.0. The highest BCUT2D eigenvalue weighted by molar-refractivity contribution is 7.15. The van der Waals surface area contributed by atoms with Crippen LogP contribution >= 0.6 is 22.7 Å². The summed E-state index contributed by atoms with van der Waals surface area (Å²) in [7, 11) is 0. The van der Waals surface area contributed by atoms with E-state index in [0.29, 0.717) is 32.3 Å². The number of anilines is 1. The maximum Gasteiger partial charge on any atom is 0.342 e. The molecule has 0 aliphatic rings. The van der Waals surface area contributed by atoms with E-state index >= 15 is 0 Å². The number of benzene rings is 2. The Balaban J connectivity index is 1.56. The Morgan fingerprint density at radius 3 is 2.50 bits per heavy atom. The van der Waals surface area contributed by atoms with Gasteiger partial charge in [-0.25, -0.2) is 4.79 Å². The SMILES string of the molecule is NC(=O)COc1cccc(COC(=O)c2c(-c3ccccc3)csc2NC(=O)c2cccs2)c1. The van der Waals surface area contributed by atoms with Crippen molar-refractivity contribution in [1.82, 2.24) is 0 Å². The normalized spacial score (nSPS) is 10.5. The summed E-state index contributed by atoms with van der Waals surface area (Å²) < 4.78 is 10.9. The molecular formula is C25H20N2O5S2. The van der Waals surface area contributed by atoms with Gasteiger partial charge in [-0.05, 0) is 34.7 Å². The molecule has 0 unspecified atom stereocenters. The van der Waals surface area contributed by atoms with Crippen LogP contribution in [-0.4, -0.2) is 24.4 Å². The molecule has 0 fully saturated rings. The lowest BCUT2D eigenvalue weighted by Gasteiger charge is -2.10. The number of amides is 2. The van der Waals surface area contributed by atoms with Gasteiger partial charge in [0.2, 0.25) is 0 Å². The van der Waals surface area contributed by atoms with E-state index in [-0.39, 0.29) is 19.1 Å². The lowest BCUT2D eigenvalue weighted by atomic mass is 10.0.